The van der Waals surface area contributed by atoms with Gasteiger partial charge in [-0.2, -0.15) is 0 Å². The second kappa shape index (κ2) is 5.06. The van der Waals surface area contributed by atoms with Crippen molar-refractivity contribution in [2.75, 3.05) is 25.5 Å². The van der Waals surface area contributed by atoms with Gasteiger partial charge in [-0.25, -0.2) is 0 Å². The van der Waals surface area contributed by atoms with Gasteiger partial charge in [-0.05, 0) is 13.3 Å². The number of likely N-dealkylation sites (N-methyl/N-ethyl adjacent to an activating group) is 1. The number of ether oxygens (including phenoxy) is 1. The first-order chi connectivity index (χ1) is 7.22. The molecule has 0 radical (unpaired) electrons. The number of rotatable bonds is 2. The van der Waals surface area contributed by atoms with E-state index in [1.165, 1.54) is 5.17 Å². The van der Waals surface area contributed by atoms with Gasteiger partial charge in [0.05, 0.1) is 18.7 Å². The summed E-state index contributed by atoms with van der Waals surface area (Å²) in [4.78, 5) is 6.88. The van der Waals surface area contributed by atoms with Gasteiger partial charge in [0.2, 0.25) is 0 Å². The molecule has 3 atom stereocenters. The molecule has 0 bridgehead atoms. The van der Waals surface area contributed by atoms with E-state index in [1.54, 1.807) is 0 Å². The molecule has 0 aromatic rings. The number of thioether (sulfide) groups is 1. The Hall–Kier alpha value is 0.260. The van der Waals surface area contributed by atoms with Crippen LogP contribution in [0.2, 0.25) is 0 Å². The van der Waals surface area contributed by atoms with Gasteiger partial charge in [-0.15, -0.1) is 0 Å². The zero-order valence-corrected chi connectivity index (χ0v) is 11.6. The van der Waals surface area contributed by atoms with Crippen LogP contribution in [0.3, 0.4) is 0 Å². The molecule has 2 aliphatic rings. The third kappa shape index (κ3) is 2.50. The summed E-state index contributed by atoms with van der Waals surface area (Å²) in [5.74, 6) is 0. The van der Waals surface area contributed by atoms with E-state index in [2.05, 4.69) is 39.8 Å². The van der Waals surface area contributed by atoms with Crippen LogP contribution in [0.25, 0.3) is 0 Å². The van der Waals surface area contributed by atoms with E-state index >= 15 is 0 Å². The molecule has 15 heavy (non-hydrogen) atoms. The average Bonchev–Trinajstić information content (AvgIpc) is 2.84. The number of hydrogen-bond donors (Lipinski definition) is 0. The van der Waals surface area contributed by atoms with Crippen LogP contribution in [0, 0.1) is 0 Å². The first kappa shape index (κ1) is 11.7. The summed E-state index contributed by atoms with van der Waals surface area (Å²) in [6.07, 6.45) is 1.46. The SMILES string of the molecule is CC1OCCC1N(C)C1=NCC(CBr)S1. The molecule has 1 saturated heterocycles. The van der Waals surface area contributed by atoms with E-state index in [0.717, 1.165) is 24.9 Å². The summed E-state index contributed by atoms with van der Waals surface area (Å²) >= 11 is 5.39. The van der Waals surface area contributed by atoms with Crippen LogP contribution in [0.5, 0.6) is 0 Å². The Bertz CT molecular complexity index is 262. The molecule has 0 saturated carbocycles. The molecule has 86 valence electrons. The normalized spacial score (nSPS) is 35.7. The van der Waals surface area contributed by atoms with Crippen molar-refractivity contribution in [2.24, 2.45) is 4.99 Å². The van der Waals surface area contributed by atoms with E-state index < -0.39 is 0 Å². The van der Waals surface area contributed by atoms with Crippen LogP contribution in [0.4, 0.5) is 0 Å². The first-order valence-electron chi connectivity index (χ1n) is 5.34. The molecule has 0 N–H and O–H groups in total. The fourth-order valence-corrected chi connectivity index (χ4v) is 3.61. The van der Waals surface area contributed by atoms with E-state index in [4.69, 9.17) is 4.74 Å². The number of aliphatic imine (C=N–C) groups is 1. The predicted molar refractivity (Wildman–Crippen MR) is 69.1 cm³/mol. The van der Waals surface area contributed by atoms with E-state index in [1.807, 2.05) is 11.8 Å². The molecule has 3 unspecified atom stereocenters. The minimum atomic E-state index is 0.335. The van der Waals surface area contributed by atoms with Crippen molar-refractivity contribution in [1.82, 2.24) is 4.90 Å². The fourth-order valence-electron chi connectivity index (χ4n) is 2.05. The molecule has 0 spiro atoms. The monoisotopic (exact) mass is 292 g/mol. The van der Waals surface area contributed by atoms with Crippen molar-refractivity contribution >= 4 is 32.9 Å². The molecule has 0 aliphatic carbocycles. The topological polar surface area (TPSA) is 24.8 Å². The second-order valence-corrected chi connectivity index (χ2v) is 5.98. The zero-order valence-electron chi connectivity index (χ0n) is 9.15. The molecular formula is C10H17BrN2OS. The maximum Gasteiger partial charge on any atom is 0.159 e. The zero-order chi connectivity index (χ0) is 10.8. The molecule has 0 amide bonds. The van der Waals surface area contributed by atoms with Crippen molar-refractivity contribution in [3.63, 3.8) is 0 Å². The molecule has 2 rings (SSSR count). The van der Waals surface area contributed by atoms with Crippen molar-refractivity contribution < 1.29 is 4.74 Å². The quantitative estimate of drug-likeness (QED) is 0.728. The molecule has 0 aromatic heterocycles. The van der Waals surface area contributed by atoms with Crippen LogP contribution in [0.15, 0.2) is 4.99 Å². The lowest BCUT2D eigenvalue weighted by Gasteiger charge is -2.28. The Morgan fingerprint density at radius 1 is 1.67 bits per heavy atom. The number of amidine groups is 1. The highest BCUT2D eigenvalue weighted by atomic mass is 79.9. The second-order valence-electron chi connectivity index (χ2n) is 4.06. The minimum Gasteiger partial charge on any atom is -0.376 e. The van der Waals surface area contributed by atoms with Gasteiger partial charge in [0.15, 0.2) is 5.17 Å². The standard InChI is InChI=1S/C10H17BrN2OS/c1-7-9(3-4-14-7)13(2)10-12-6-8(5-11)15-10/h7-9H,3-6H2,1-2H3. The summed E-state index contributed by atoms with van der Waals surface area (Å²) in [6.45, 7) is 3.98. The van der Waals surface area contributed by atoms with Gasteiger partial charge in [0, 0.05) is 24.2 Å². The summed E-state index contributed by atoms with van der Waals surface area (Å²) in [5, 5.41) is 2.82. The van der Waals surface area contributed by atoms with Gasteiger partial charge in [-0.1, -0.05) is 27.7 Å². The van der Waals surface area contributed by atoms with Crippen LogP contribution in [0.1, 0.15) is 13.3 Å². The molecule has 5 heteroatoms. The van der Waals surface area contributed by atoms with E-state index in [-0.39, 0.29) is 0 Å². The average molecular weight is 293 g/mol. The van der Waals surface area contributed by atoms with Crippen molar-refractivity contribution in [1.29, 1.82) is 0 Å². The predicted octanol–water partition coefficient (Wildman–Crippen LogP) is 1.96. The van der Waals surface area contributed by atoms with Gasteiger partial charge < -0.3 is 9.64 Å². The Kier molecular flexibility index (Phi) is 3.96. The summed E-state index contributed by atoms with van der Waals surface area (Å²) in [7, 11) is 2.14. The Balaban J connectivity index is 1.94. The maximum atomic E-state index is 5.58. The summed E-state index contributed by atoms with van der Waals surface area (Å²) < 4.78 is 5.58. The first-order valence-corrected chi connectivity index (χ1v) is 7.34. The smallest absolute Gasteiger partial charge is 0.159 e. The van der Waals surface area contributed by atoms with Gasteiger partial charge in [-0.3, -0.25) is 4.99 Å². The van der Waals surface area contributed by atoms with Gasteiger partial charge >= 0.3 is 0 Å². The maximum absolute atomic E-state index is 5.58. The number of halogens is 1. The van der Waals surface area contributed by atoms with Crippen LogP contribution in [-0.4, -0.2) is 53.0 Å². The van der Waals surface area contributed by atoms with E-state index in [0.29, 0.717) is 17.4 Å². The lowest BCUT2D eigenvalue weighted by Crippen LogP contribution is -2.39. The van der Waals surface area contributed by atoms with Crippen molar-refractivity contribution in [3.8, 4) is 0 Å². The lowest BCUT2D eigenvalue weighted by molar-refractivity contribution is 0.100. The summed E-state index contributed by atoms with van der Waals surface area (Å²) in [5.41, 5.74) is 0. The van der Waals surface area contributed by atoms with Gasteiger partial charge in [0.25, 0.3) is 0 Å². The molecule has 1 fully saturated rings. The molecule has 2 heterocycles. The van der Waals surface area contributed by atoms with Crippen molar-refractivity contribution in [3.05, 3.63) is 0 Å². The largest absolute Gasteiger partial charge is 0.376 e. The summed E-state index contributed by atoms with van der Waals surface area (Å²) in [6, 6.07) is 0.505. The highest BCUT2D eigenvalue weighted by molar-refractivity contribution is 9.09. The highest BCUT2D eigenvalue weighted by Crippen LogP contribution is 2.28. The Morgan fingerprint density at radius 3 is 3.00 bits per heavy atom. The third-order valence-corrected chi connectivity index (χ3v) is 5.50. The molecular weight excluding hydrogens is 276 g/mol. The number of alkyl halides is 1. The van der Waals surface area contributed by atoms with E-state index in [9.17, 15) is 0 Å². The Labute approximate surface area is 104 Å². The van der Waals surface area contributed by atoms with Crippen molar-refractivity contribution in [2.45, 2.75) is 30.7 Å². The lowest BCUT2D eigenvalue weighted by atomic mass is 10.1. The van der Waals surface area contributed by atoms with Crippen LogP contribution >= 0.6 is 27.7 Å². The molecule has 2 aliphatic heterocycles. The minimum absolute atomic E-state index is 0.335. The highest BCUT2D eigenvalue weighted by Gasteiger charge is 2.32. The number of nitrogens with zero attached hydrogens (tertiary/aromatic N) is 2. The van der Waals surface area contributed by atoms with Crippen LogP contribution in [-0.2, 0) is 4.74 Å². The molecule has 0 aromatic carbocycles. The Morgan fingerprint density at radius 2 is 2.47 bits per heavy atom. The number of hydrogen-bond acceptors (Lipinski definition) is 4. The van der Waals surface area contributed by atoms with Gasteiger partial charge in [0.1, 0.15) is 0 Å². The fraction of sp³-hybridized carbons (Fsp3) is 0.900. The third-order valence-electron chi connectivity index (χ3n) is 3.01. The van der Waals surface area contributed by atoms with Crippen LogP contribution < -0.4 is 0 Å². The molecule has 3 nitrogen and oxygen atoms in total.